The van der Waals surface area contributed by atoms with E-state index in [1.807, 2.05) is 30.3 Å². The molecule has 2 saturated heterocycles. The van der Waals surface area contributed by atoms with Gasteiger partial charge in [-0.15, -0.1) is 0 Å². The molecular formula is C28H38O6. The summed E-state index contributed by atoms with van der Waals surface area (Å²) in [6.07, 6.45) is 7.91. The smallest absolute Gasteiger partial charge is 0.159 e. The molecule has 6 nitrogen and oxygen atoms in total. The molecule has 0 spiro atoms. The lowest BCUT2D eigenvalue weighted by molar-refractivity contribution is -0.198. The van der Waals surface area contributed by atoms with Gasteiger partial charge in [0.2, 0.25) is 0 Å². The predicted molar refractivity (Wildman–Crippen MR) is 128 cm³/mol. The summed E-state index contributed by atoms with van der Waals surface area (Å²) in [5.41, 5.74) is 0.950. The van der Waals surface area contributed by atoms with Crippen LogP contribution in [0, 0.1) is 23.7 Å². The van der Waals surface area contributed by atoms with Crippen molar-refractivity contribution in [1.29, 1.82) is 0 Å². The maximum Gasteiger partial charge on any atom is 0.159 e. The molecule has 0 amide bonds. The van der Waals surface area contributed by atoms with E-state index in [4.69, 9.17) is 18.9 Å². The van der Waals surface area contributed by atoms with Gasteiger partial charge in [-0.25, -0.2) is 0 Å². The van der Waals surface area contributed by atoms with E-state index < -0.39 is 6.10 Å². The largest absolute Gasteiger partial charge is 0.393 e. The second-order valence-corrected chi connectivity index (χ2v) is 9.64. The first-order valence-corrected chi connectivity index (χ1v) is 13.0. The van der Waals surface area contributed by atoms with Gasteiger partial charge in [0.05, 0.1) is 12.2 Å². The fourth-order valence-electron chi connectivity index (χ4n) is 5.37. The molecule has 34 heavy (non-hydrogen) atoms. The van der Waals surface area contributed by atoms with Crippen molar-refractivity contribution in [1.82, 2.24) is 0 Å². The zero-order chi connectivity index (χ0) is 23.6. The average Bonchev–Trinajstić information content (AvgIpc) is 3.16. The van der Waals surface area contributed by atoms with E-state index in [-0.39, 0.29) is 36.6 Å². The molecule has 7 atom stereocenters. The molecule has 4 rings (SSSR count). The van der Waals surface area contributed by atoms with Gasteiger partial charge in [0.1, 0.15) is 12.4 Å². The van der Waals surface area contributed by atoms with Crippen LogP contribution < -0.4 is 0 Å². The molecule has 186 valence electrons. The predicted octanol–water partition coefficient (Wildman–Crippen LogP) is 4.23. The number of rotatable bonds is 9. The molecule has 2 aliphatic heterocycles. The van der Waals surface area contributed by atoms with Crippen LogP contribution in [0.3, 0.4) is 0 Å². The van der Waals surface area contributed by atoms with Crippen LogP contribution in [0.4, 0.5) is 0 Å². The number of aliphatic hydroxyl groups excluding tert-OH is 1. The van der Waals surface area contributed by atoms with Crippen LogP contribution in [0.2, 0.25) is 0 Å². The number of hydrogen-bond acceptors (Lipinski definition) is 6. The minimum atomic E-state index is -0.541. The molecule has 1 saturated carbocycles. The maximum atomic E-state index is 11.4. The Bertz CT molecular complexity index is 790. The van der Waals surface area contributed by atoms with Crippen molar-refractivity contribution in [3.05, 3.63) is 35.9 Å². The molecule has 3 aliphatic rings. The number of carbonyl (C=O) groups is 1. The van der Waals surface area contributed by atoms with Gasteiger partial charge in [0, 0.05) is 31.6 Å². The Morgan fingerprint density at radius 2 is 1.76 bits per heavy atom. The summed E-state index contributed by atoms with van der Waals surface area (Å²) in [6.45, 7) is 1.44. The SMILES string of the molecule is O=CCC1C(O)CC(OC2CCCCO2)C1CCC(C#Cc1ccccc1)OC1CCCCO1. The van der Waals surface area contributed by atoms with Crippen LogP contribution in [0.1, 0.15) is 69.8 Å². The van der Waals surface area contributed by atoms with Gasteiger partial charge in [-0.3, -0.25) is 0 Å². The highest BCUT2D eigenvalue weighted by Gasteiger charge is 2.44. The quantitative estimate of drug-likeness (QED) is 0.430. The lowest BCUT2D eigenvalue weighted by Gasteiger charge is -2.31. The second-order valence-electron chi connectivity index (χ2n) is 9.64. The van der Waals surface area contributed by atoms with Crippen LogP contribution in [0.25, 0.3) is 0 Å². The van der Waals surface area contributed by atoms with Crippen molar-refractivity contribution >= 4 is 6.29 Å². The third-order valence-electron chi connectivity index (χ3n) is 7.20. The van der Waals surface area contributed by atoms with Crippen molar-refractivity contribution in [2.24, 2.45) is 11.8 Å². The van der Waals surface area contributed by atoms with Crippen molar-refractivity contribution in [2.75, 3.05) is 13.2 Å². The Morgan fingerprint density at radius 3 is 2.44 bits per heavy atom. The van der Waals surface area contributed by atoms with Gasteiger partial charge in [-0.1, -0.05) is 30.0 Å². The van der Waals surface area contributed by atoms with E-state index in [9.17, 15) is 9.90 Å². The first-order chi connectivity index (χ1) is 16.7. The molecule has 3 fully saturated rings. The molecule has 6 heteroatoms. The average molecular weight is 471 g/mol. The van der Waals surface area contributed by atoms with E-state index in [0.717, 1.165) is 70.0 Å². The first kappa shape index (κ1) is 25.3. The van der Waals surface area contributed by atoms with Gasteiger partial charge in [-0.2, -0.15) is 0 Å². The molecule has 1 aromatic carbocycles. The third-order valence-corrected chi connectivity index (χ3v) is 7.20. The number of aldehydes is 1. The highest BCUT2D eigenvalue weighted by molar-refractivity contribution is 5.50. The van der Waals surface area contributed by atoms with E-state index in [0.29, 0.717) is 19.3 Å². The van der Waals surface area contributed by atoms with Gasteiger partial charge in [-0.05, 0) is 75.3 Å². The Hall–Kier alpha value is -1.75. The van der Waals surface area contributed by atoms with Crippen LogP contribution in [0.5, 0.6) is 0 Å². The lowest BCUT2D eigenvalue weighted by atomic mass is 9.86. The zero-order valence-electron chi connectivity index (χ0n) is 20.0. The van der Waals surface area contributed by atoms with Gasteiger partial charge < -0.3 is 28.8 Å². The molecule has 0 radical (unpaired) electrons. The van der Waals surface area contributed by atoms with Crippen molar-refractivity contribution in [3.8, 4) is 11.8 Å². The summed E-state index contributed by atoms with van der Waals surface area (Å²) in [6, 6.07) is 9.90. The normalized spacial score (nSPS) is 32.5. The number of aliphatic hydroxyl groups is 1. The molecule has 2 heterocycles. The monoisotopic (exact) mass is 470 g/mol. The van der Waals surface area contributed by atoms with Gasteiger partial charge in [0.15, 0.2) is 12.6 Å². The molecule has 7 unspecified atom stereocenters. The Balaban J connectivity index is 1.44. The number of carbonyl (C=O) groups excluding carboxylic acids is 1. The minimum Gasteiger partial charge on any atom is -0.393 e. The van der Waals surface area contributed by atoms with Crippen molar-refractivity contribution in [3.63, 3.8) is 0 Å². The summed E-state index contributed by atoms with van der Waals surface area (Å²) < 4.78 is 24.2. The van der Waals surface area contributed by atoms with Crippen LogP contribution in [-0.4, -0.2) is 55.5 Å². The van der Waals surface area contributed by atoms with Crippen molar-refractivity contribution < 1.29 is 28.8 Å². The minimum absolute atomic E-state index is 0.0580. The Kier molecular flexibility index (Phi) is 9.97. The van der Waals surface area contributed by atoms with E-state index in [2.05, 4.69) is 11.8 Å². The molecule has 0 bridgehead atoms. The molecule has 1 N–H and O–H groups in total. The summed E-state index contributed by atoms with van der Waals surface area (Å²) in [5, 5.41) is 10.7. The topological polar surface area (TPSA) is 74.2 Å². The Labute approximate surface area is 203 Å². The number of hydrogen-bond donors (Lipinski definition) is 1. The van der Waals surface area contributed by atoms with Crippen LogP contribution >= 0.6 is 0 Å². The van der Waals surface area contributed by atoms with E-state index in [1.54, 1.807) is 0 Å². The third kappa shape index (κ3) is 7.37. The molecule has 1 aliphatic carbocycles. The summed E-state index contributed by atoms with van der Waals surface area (Å²) in [5.74, 6) is 6.50. The number of benzene rings is 1. The maximum absolute atomic E-state index is 11.4. The van der Waals surface area contributed by atoms with Crippen LogP contribution in [0.15, 0.2) is 30.3 Å². The number of ether oxygens (including phenoxy) is 4. The van der Waals surface area contributed by atoms with E-state index in [1.165, 1.54) is 0 Å². The van der Waals surface area contributed by atoms with E-state index >= 15 is 0 Å². The van der Waals surface area contributed by atoms with Gasteiger partial charge in [0.25, 0.3) is 0 Å². The standard InChI is InChI=1S/C28H38O6/c29-17-16-23-24(26(20-25(23)30)34-28-11-5-7-19-32-28)15-14-22(33-27-10-4-6-18-31-27)13-12-21-8-2-1-3-9-21/h1-3,8-9,17,22-28,30H,4-7,10-11,14-16,18-20H2. The molecule has 1 aromatic rings. The summed E-state index contributed by atoms with van der Waals surface area (Å²) >= 11 is 0. The zero-order valence-corrected chi connectivity index (χ0v) is 20.0. The van der Waals surface area contributed by atoms with Crippen molar-refractivity contribution in [2.45, 2.75) is 95.1 Å². The first-order valence-electron chi connectivity index (χ1n) is 13.0. The van der Waals surface area contributed by atoms with Crippen LogP contribution in [-0.2, 0) is 23.7 Å². The highest BCUT2D eigenvalue weighted by atomic mass is 16.7. The Morgan fingerprint density at radius 1 is 1.03 bits per heavy atom. The molecular weight excluding hydrogens is 432 g/mol. The molecule has 0 aromatic heterocycles. The summed E-state index contributed by atoms with van der Waals surface area (Å²) in [7, 11) is 0. The highest BCUT2D eigenvalue weighted by Crippen LogP contribution is 2.40. The fraction of sp³-hybridized carbons (Fsp3) is 0.679. The van der Waals surface area contributed by atoms with Gasteiger partial charge >= 0.3 is 0 Å². The fourth-order valence-corrected chi connectivity index (χ4v) is 5.37. The summed E-state index contributed by atoms with van der Waals surface area (Å²) in [4.78, 5) is 11.4. The lowest BCUT2D eigenvalue weighted by Crippen LogP contribution is -2.33. The second kappa shape index (κ2) is 13.4.